The Morgan fingerprint density at radius 1 is 1.21 bits per heavy atom. The molecule has 0 aliphatic carbocycles. The zero-order chi connectivity index (χ0) is 19.9. The molecule has 0 unspecified atom stereocenters. The van der Waals surface area contributed by atoms with E-state index in [1.165, 1.54) is 0 Å². The van der Waals surface area contributed by atoms with E-state index >= 15 is 0 Å². The van der Waals surface area contributed by atoms with Crippen molar-refractivity contribution in [2.45, 2.75) is 32.7 Å². The highest BCUT2D eigenvalue weighted by Crippen LogP contribution is 2.12. The van der Waals surface area contributed by atoms with Crippen LogP contribution < -0.4 is 21.9 Å². The predicted octanol–water partition coefficient (Wildman–Crippen LogP) is 2.43. The van der Waals surface area contributed by atoms with Gasteiger partial charge in [-0.25, -0.2) is 4.98 Å². The van der Waals surface area contributed by atoms with Gasteiger partial charge >= 0.3 is 0 Å². The van der Waals surface area contributed by atoms with Gasteiger partial charge in [-0.1, -0.05) is 19.8 Å². The number of unbranched alkanes of at least 4 members (excludes halogenated alkanes) is 2. The number of hydrogen-bond acceptors (Lipinski definition) is 6. The van der Waals surface area contributed by atoms with E-state index in [4.69, 9.17) is 5.73 Å². The highest BCUT2D eigenvalue weighted by atomic mass is 16.1. The van der Waals surface area contributed by atoms with E-state index in [0.717, 1.165) is 24.9 Å². The molecule has 3 aromatic rings. The molecule has 0 radical (unpaired) electrons. The van der Waals surface area contributed by atoms with Gasteiger partial charge in [-0.05, 0) is 30.7 Å². The summed E-state index contributed by atoms with van der Waals surface area (Å²) in [6.07, 6.45) is 4.83. The zero-order valence-corrected chi connectivity index (χ0v) is 15.8. The standard InChI is InChI=1S/C20H24N6O2/c1-2-3-4-9-22-19(27)13-5-7-14(8-6-13)23-11-15-12-24-16-10-17(21)26-20(28)18(16)25-15/h5-8,10,12,23H,2-4,9,11H2,1H3,(H,22,27)(H3,21,26,28). The Morgan fingerprint density at radius 2 is 2.00 bits per heavy atom. The SMILES string of the molecule is CCCCCNC(=O)c1ccc(NCc2cnc3cc(N)[nH]c(=O)c3n2)cc1. The van der Waals surface area contributed by atoms with E-state index in [9.17, 15) is 9.59 Å². The molecule has 0 saturated carbocycles. The number of anilines is 2. The molecule has 2 heterocycles. The number of carbonyl (C=O) groups is 1. The molecule has 3 rings (SSSR count). The highest BCUT2D eigenvalue weighted by Gasteiger charge is 2.07. The van der Waals surface area contributed by atoms with Gasteiger partial charge in [0.05, 0.1) is 24.0 Å². The molecule has 1 aromatic carbocycles. The Balaban J connectivity index is 1.60. The van der Waals surface area contributed by atoms with E-state index in [1.807, 2.05) is 12.1 Å². The molecule has 0 aliphatic rings. The number of hydrogen-bond donors (Lipinski definition) is 4. The molecule has 8 nitrogen and oxygen atoms in total. The van der Waals surface area contributed by atoms with Crippen LogP contribution in [-0.2, 0) is 6.54 Å². The lowest BCUT2D eigenvalue weighted by Crippen LogP contribution is -2.24. The Hall–Kier alpha value is -3.42. The van der Waals surface area contributed by atoms with Crippen LogP contribution in [0.15, 0.2) is 41.3 Å². The van der Waals surface area contributed by atoms with Gasteiger partial charge in [-0.2, -0.15) is 0 Å². The molecule has 0 bridgehead atoms. The molecule has 28 heavy (non-hydrogen) atoms. The van der Waals surface area contributed by atoms with Gasteiger partial charge in [-0.15, -0.1) is 0 Å². The monoisotopic (exact) mass is 380 g/mol. The topological polar surface area (TPSA) is 126 Å². The van der Waals surface area contributed by atoms with Gasteiger partial charge in [0.1, 0.15) is 5.82 Å². The average Bonchev–Trinajstić information content (AvgIpc) is 2.70. The smallest absolute Gasteiger partial charge is 0.277 e. The minimum absolute atomic E-state index is 0.0680. The highest BCUT2D eigenvalue weighted by molar-refractivity contribution is 5.94. The summed E-state index contributed by atoms with van der Waals surface area (Å²) in [5, 5.41) is 6.13. The fraction of sp³-hybridized carbons (Fsp3) is 0.300. The minimum atomic E-state index is -0.362. The maximum atomic E-state index is 12.1. The van der Waals surface area contributed by atoms with Crippen LogP contribution in [0.3, 0.4) is 0 Å². The third kappa shape index (κ3) is 4.85. The lowest BCUT2D eigenvalue weighted by atomic mass is 10.2. The summed E-state index contributed by atoms with van der Waals surface area (Å²) in [6, 6.07) is 8.80. The second-order valence-corrected chi connectivity index (χ2v) is 6.54. The number of aromatic nitrogens is 3. The van der Waals surface area contributed by atoms with Gasteiger partial charge in [0.2, 0.25) is 0 Å². The van der Waals surface area contributed by atoms with Crippen LogP contribution in [-0.4, -0.2) is 27.4 Å². The summed E-state index contributed by atoms with van der Waals surface area (Å²) in [5.41, 5.74) is 8.05. The largest absolute Gasteiger partial charge is 0.385 e. The van der Waals surface area contributed by atoms with Crippen molar-refractivity contribution in [2.24, 2.45) is 0 Å². The maximum Gasteiger partial charge on any atom is 0.277 e. The summed E-state index contributed by atoms with van der Waals surface area (Å²) in [7, 11) is 0. The average molecular weight is 380 g/mol. The van der Waals surface area contributed by atoms with Gasteiger partial charge in [-0.3, -0.25) is 14.6 Å². The lowest BCUT2D eigenvalue weighted by molar-refractivity contribution is 0.0953. The number of nitrogen functional groups attached to an aromatic ring is 1. The zero-order valence-electron chi connectivity index (χ0n) is 15.8. The van der Waals surface area contributed by atoms with Crippen LogP contribution in [0.2, 0.25) is 0 Å². The Morgan fingerprint density at radius 3 is 2.75 bits per heavy atom. The van der Waals surface area contributed by atoms with Gasteiger partial charge in [0.25, 0.3) is 11.5 Å². The normalized spacial score (nSPS) is 10.8. The van der Waals surface area contributed by atoms with Gasteiger partial charge in [0.15, 0.2) is 5.52 Å². The van der Waals surface area contributed by atoms with E-state index in [1.54, 1.807) is 24.4 Å². The number of nitrogens with zero attached hydrogens (tertiary/aromatic N) is 2. The number of nitrogens with two attached hydrogens (primary N) is 1. The first-order chi connectivity index (χ1) is 13.6. The number of nitrogens with one attached hydrogen (secondary N) is 3. The number of aromatic amines is 1. The molecule has 146 valence electrons. The summed E-state index contributed by atoms with van der Waals surface area (Å²) >= 11 is 0. The summed E-state index contributed by atoms with van der Waals surface area (Å²) in [5.74, 6) is 0.189. The Labute approximate surface area is 162 Å². The van der Waals surface area contributed by atoms with E-state index in [2.05, 4.69) is 32.5 Å². The number of amides is 1. The summed E-state index contributed by atoms with van der Waals surface area (Å²) in [6.45, 7) is 3.22. The molecule has 2 aromatic heterocycles. The van der Waals surface area contributed by atoms with Crippen molar-refractivity contribution in [2.75, 3.05) is 17.6 Å². The maximum absolute atomic E-state index is 12.1. The van der Waals surface area contributed by atoms with Crippen molar-refractivity contribution in [3.05, 3.63) is 58.1 Å². The molecule has 5 N–H and O–H groups in total. The van der Waals surface area contributed by atoms with Crippen LogP contribution in [0.1, 0.15) is 42.2 Å². The van der Waals surface area contributed by atoms with Crippen LogP contribution in [0.5, 0.6) is 0 Å². The van der Waals surface area contributed by atoms with Crippen LogP contribution in [0.4, 0.5) is 11.5 Å². The molecule has 0 saturated heterocycles. The first-order valence-corrected chi connectivity index (χ1v) is 9.33. The number of benzene rings is 1. The first-order valence-electron chi connectivity index (χ1n) is 9.33. The number of H-pyrrole nitrogens is 1. The molecular formula is C20H24N6O2. The minimum Gasteiger partial charge on any atom is -0.385 e. The quantitative estimate of drug-likeness (QED) is 0.445. The fourth-order valence-corrected chi connectivity index (χ4v) is 2.78. The lowest BCUT2D eigenvalue weighted by Gasteiger charge is -2.08. The number of pyridine rings is 1. The van der Waals surface area contributed by atoms with Crippen molar-refractivity contribution < 1.29 is 4.79 Å². The van der Waals surface area contributed by atoms with Gasteiger partial charge < -0.3 is 21.4 Å². The van der Waals surface area contributed by atoms with Gasteiger partial charge in [0, 0.05) is 23.9 Å². The first kappa shape index (κ1) is 19.3. The summed E-state index contributed by atoms with van der Waals surface area (Å²) in [4.78, 5) is 35.1. The molecule has 0 spiro atoms. The van der Waals surface area contributed by atoms with Crippen molar-refractivity contribution in [3.63, 3.8) is 0 Å². The van der Waals surface area contributed by atoms with Crippen LogP contribution in [0, 0.1) is 0 Å². The van der Waals surface area contributed by atoms with E-state index in [-0.39, 0.29) is 22.8 Å². The predicted molar refractivity (Wildman–Crippen MR) is 110 cm³/mol. The number of carbonyl (C=O) groups excluding carboxylic acids is 1. The van der Waals surface area contributed by atoms with Crippen molar-refractivity contribution in [3.8, 4) is 0 Å². The van der Waals surface area contributed by atoms with Crippen molar-refractivity contribution >= 4 is 28.4 Å². The Kier molecular flexibility index (Phi) is 6.21. The van der Waals surface area contributed by atoms with Crippen LogP contribution in [0.25, 0.3) is 11.0 Å². The van der Waals surface area contributed by atoms with E-state index in [0.29, 0.717) is 29.9 Å². The second-order valence-electron chi connectivity index (χ2n) is 6.54. The number of fused-ring (bicyclic) bond motifs is 1. The Bertz CT molecular complexity index is 1010. The third-order valence-electron chi connectivity index (χ3n) is 4.30. The number of rotatable bonds is 8. The molecule has 1 amide bonds. The van der Waals surface area contributed by atoms with Crippen molar-refractivity contribution in [1.82, 2.24) is 20.3 Å². The van der Waals surface area contributed by atoms with Crippen molar-refractivity contribution in [1.29, 1.82) is 0 Å². The summed E-state index contributed by atoms with van der Waals surface area (Å²) < 4.78 is 0. The molecule has 0 aliphatic heterocycles. The van der Waals surface area contributed by atoms with Crippen LogP contribution >= 0.6 is 0 Å². The molecule has 0 atom stereocenters. The second kappa shape index (κ2) is 8.98. The third-order valence-corrected chi connectivity index (χ3v) is 4.30. The molecule has 8 heteroatoms. The fourth-order valence-electron chi connectivity index (χ4n) is 2.78. The van der Waals surface area contributed by atoms with E-state index < -0.39 is 0 Å². The molecule has 0 fully saturated rings. The molecular weight excluding hydrogens is 356 g/mol.